The van der Waals surface area contributed by atoms with Gasteiger partial charge in [0.1, 0.15) is 11.6 Å². The van der Waals surface area contributed by atoms with Gasteiger partial charge in [0.05, 0.1) is 34.4 Å². The molecular formula is C25H22F4N6O. The number of amides is 1. The van der Waals surface area contributed by atoms with Gasteiger partial charge in [0.25, 0.3) is 5.91 Å². The SMILES string of the molecule is Cc1ncc(NC(=O)c2cc(-c3ccn(C)n3)c(C(F)(F)F)cc2F)c(-c2ccccc2CCN)n1. The number of nitrogens with zero attached hydrogens (tertiary/aromatic N) is 4. The molecule has 3 N–H and O–H groups in total. The van der Waals surface area contributed by atoms with Crippen molar-refractivity contribution < 1.29 is 22.4 Å². The van der Waals surface area contributed by atoms with Crippen molar-refractivity contribution in [2.45, 2.75) is 19.5 Å². The summed E-state index contributed by atoms with van der Waals surface area (Å²) in [5.41, 5.74) is 5.60. The van der Waals surface area contributed by atoms with Gasteiger partial charge >= 0.3 is 6.18 Å². The number of halogens is 4. The van der Waals surface area contributed by atoms with Crippen LogP contribution in [0.25, 0.3) is 22.5 Å². The highest BCUT2D eigenvalue weighted by atomic mass is 19.4. The van der Waals surface area contributed by atoms with Gasteiger partial charge in [-0.2, -0.15) is 18.3 Å². The second kappa shape index (κ2) is 9.86. The van der Waals surface area contributed by atoms with Crippen LogP contribution < -0.4 is 11.1 Å². The fourth-order valence-electron chi connectivity index (χ4n) is 3.83. The Balaban J connectivity index is 1.78. The lowest BCUT2D eigenvalue weighted by Crippen LogP contribution is -2.18. The summed E-state index contributed by atoms with van der Waals surface area (Å²) in [5.74, 6) is -1.84. The molecule has 186 valence electrons. The minimum Gasteiger partial charge on any atom is -0.330 e. The summed E-state index contributed by atoms with van der Waals surface area (Å²) in [5, 5.41) is 6.55. The molecule has 4 aromatic rings. The van der Waals surface area contributed by atoms with Gasteiger partial charge in [-0.15, -0.1) is 0 Å². The van der Waals surface area contributed by atoms with Crippen LogP contribution in [0.4, 0.5) is 23.2 Å². The topological polar surface area (TPSA) is 98.7 Å². The molecule has 2 aromatic carbocycles. The number of hydrogen-bond acceptors (Lipinski definition) is 5. The number of rotatable bonds is 6. The van der Waals surface area contributed by atoms with E-state index in [0.29, 0.717) is 36.1 Å². The van der Waals surface area contributed by atoms with Crippen molar-refractivity contribution in [3.63, 3.8) is 0 Å². The molecule has 0 aliphatic carbocycles. The minimum absolute atomic E-state index is 0.0473. The van der Waals surface area contributed by atoms with Crippen LogP contribution in [-0.2, 0) is 19.6 Å². The van der Waals surface area contributed by atoms with E-state index in [4.69, 9.17) is 5.73 Å². The zero-order valence-corrected chi connectivity index (χ0v) is 19.4. The average molecular weight is 498 g/mol. The van der Waals surface area contributed by atoms with Crippen LogP contribution in [0, 0.1) is 12.7 Å². The normalized spacial score (nSPS) is 11.5. The lowest BCUT2D eigenvalue weighted by atomic mass is 9.99. The van der Waals surface area contributed by atoms with Gasteiger partial charge in [-0.1, -0.05) is 24.3 Å². The highest BCUT2D eigenvalue weighted by Gasteiger charge is 2.36. The third-order valence-corrected chi connectivity index (χ3v) is 5.49. The van der Waals surface area contributed by atoms with Gasteiger partial charge in [-0.25, -0.2) is 14.4 Å². The second-order valence-corrected chi connectivity index (χ2v) is 8.08. The lowest BCUT2D eigenvalue weighted by Gasteiger charge is -2.16. The number of alkyl halides is 3. The number of benzene rings is 2. The van der Waals surface area contributed by atoms with Crippen LogP contribution >= 0.6 is 0 Å². The summed E-state index contributed by atoms with van der Waals surface area (Å²) in [7, 11) is 1.54. The molecule has 0 saturated heterocycles. The van der Waals surface area contributed by atoms with E-state index in [2.05, 4.69) is 20.4 Å². The first-order valence-electron chi connectivity index (χ1n) is 10.9. The first-order valence-corrected chi connectivity index (χ1v) is 10.9. The van der Waals surface area contributed by atoms with E-state index in [1.54, 1.807) is 19.1 Å². The quantitative estimate of drug-likeness (QED) is 0.374. The van der Waals surface area contributed by atoms with Crippen molar-refractivity contribution in [2.75, 3.05) is 11.9 Å². The number of nitrogens with two attached hydrogens (primary N) is 1. The largest absolute Gasteiger partial charge is 0.417 e. The zero-order chi connectivity index (χ0) is 26.0. The van der Waals surface area contributed by atoms with Crippen LogP contribution in [0.15, 0.2) is 54.9 Å². The fourth-order valence-corrected chi connectivity index (χ4v) is 3.83. The van der Waals surface area contributed by atoms with Crippen LogP contribution in [0.2, 0.25) is 0 Å². The Kier molecular flexibility index (Phi) is 6.84. The second-order valence-electron chi connectivity index (χ2n) is 8.08. The van der Waals surface area contributed by atoms with Gasteiger partial charge in [0.2, 0.25) is 0 Å². The summed E-state index contributed by atoms with van der Waals surface area (Å²) in [6.45, 7) is 2.06. The first-order chi connectivity index (χ1) is 17.1. The molecule has 0 unspecified atom stereocenters. The third kappa shape index (κ3) is 5.10. The number of aromatic nitrogens is 4. The van der Waals surface area contributed by atoms with E-state index >= 15 is 0 Å². The van der Waals surface area contributed by atoms with Gasteiger partial charge < -0.3 is 11.1 Å². The Morgan fingerprint density at radius 3 is 2.56 bits per heavy atom. The molecule has 0 bridgehead atoms. The third-order valence-electron chi connectivity index (χ3n) is 5.49. The number of carbonyl (C=O) groups is 1. The number of carbonyl (C=O) groups excluding carboxylic acids is 1. The Morgan fingerprint density at radius 2 is 1.89 bits per heavy atom. The predicted molar refractivity (Wildman–Crippen MR) is 127 cm³/mol. The molecule has 0 saturated carbocycles. The van der Waals surface area contributed by atoms with Crippen molar-refractivity contribution in [1.29, 1.82) is 0 Å². The van der Waals surface area contributed by atoms with E-state index in [0.717, 1.165) is 11.6 Å². The summed E-state index contributed by atoms with van der Waals surface area (Å²) in [6, 6.07) is 9.84. The fraction of sp³-hybridized carbons (Fsp3) is 0.200. The van der Waals surface area contributed by atoms with Gasteiger partial charge in [-0.3, -0.25) is 9.48 Å². The van der Waals surface area contributed by atoms with Crippen LogP contribution in [-0.4, -0.2) is 32.2 Å². The van der Waals surface area contributed by atoms with Crippen LogP contribution in [0.3, 0.4) is 0 Å². The molecule has 11 heteroatoms. The molecule has 7 nitrogen and oxygen atoms in total. The molecule has 2 aromatic heterocycles. The Labute approximate surface area is 204 Å². The van der Waals surface area contributed by atoms with Crippen molar-refractivity contribution in [2.24, 2.45) is 12.8 Å². The highest BCUT2D eigenvalue weighted by molar-refractivity contribution is 6.06. The molecule has 1 amide bonds. The lowest BCUT2D eigenvalue weighted by molar-refractivity contribution is -0.137. The van der Waals surface area contributed by atoms with Gasteiger partial charge in [0, 0.05) is 24.4 Å². The van der Waals surface area contributed by atoms with Crippen molar-refractivity contribution in [1.82, 2.24) is 19.7 Å². The molecule has 0 atom stereocenters. The van der Waals surface area contributed by atoms with Crippen LogP contribution in [0.5, 0.6) is 0 Å². The molecule has 36 heavy (non-hydrogen) atoms. The molecule has 2 heterocycles. The smallest absolute Gasteiger partial charge is 0.330 e. The Hall–Kier alpha value is -4.12. The number of hydrogen-bond donors (Lipinski definition) is 2. The summed E-state index contributed by atoms with van der Waals surface area (Å²) < 4.78 is 57.1. The minimum atomic E-state index is -4.85. The standard InChI is InChI=1S/C25H22F4N6O/c1-14-31-13-22(23(32-14)16-6-4-3-5-15(16)7-9-30)33-24(36)18-11-17(21-8-10-35(2)34-21)19(12-20(18)26)25(27,28)29/h3-6,8,10-13H,7,9,30H2,1-2H3,(H,33,36). The molecule has 0 fully saturated rings. The molecule has 0 aliphatic heterocycles. The van der Waals surface area contributed by atoms with Gasteiger partial charge in [0.15, 0.2) is 0 Å². The zero-order valence-electron chi connectivity index (χ0n) is 19.4. The maximum Gasteiger partial charge on any atom is 0.417 e. The van der Waals surface area contributed by atoms with Crippen LogP contribution in [0.1, 0.15) is 27.3 Å². The summed E-state index contributed by atoms with van der Waals surface area (Å²) >= 11 is 0. The maximum atomic E-state index is 14.9. The summed E-state index contributed by atoms with van der Waals surface area (Å²) in [4.78, 5) is 21.7. The number of nitrogens with one attached hydrogen (secondary N) is 1. The Morgan fingerprint density at radius 1 is 1.14 bits per heavy atom. The van der Waals surface area contributed by atoms with E-state index in [1.807, 2.05) is 12.1 Å². The molecule has 0 spiro atoms. The van der Waals surface area contributed by atoms with E-state index < -0.39 is 34.6 Å². The van der Waals surface area contributed by atoms with Crippen molar-refractivity contribution >= 4 is 11.6 Å². The highest BCUT2D eigenvalue weighted by Crippen LogP contribution is 2.38. The number of aryl methyl sites for hydroxylation is 2. The molecular weight excluding hydrogens is 476 g/mol. The predicted octanol–water partition coefficient (Wildman–Crippen LogP) is 4.76. The Bertz CT molecular complexity index is 1430. The van der Waals surface area contributed by atoms with Crippen molar-refractivity contribution in [3.8, 4) is 22.5 Å². The van der Waals surface area contributed by atoms with E-state index in [1.165, 1.54) is 30.2 Å². The van der Waals surface area contributed by atoms with Gasteiger partial charge in [-0.05, 0) is 43.7 Å². The van der Waals surface area contributed by atoms with Crippen molar-refractivity contribution in [3.05, 3.63) is 83.2 Å². The summed E-state index contributed by atoms with van der Waals surface area (Å²) in [6.07, 6.45) is -1.48. The monoisotopic (exact) mass is 498 g/mol. The maximum absolute atomic E-state index is 14.9. The van der Waals surface area contributed by atoms with E-state index in [9.17, 15) is 22.4 Å². The van der Waals surface area contributed by atoms with E-state index in [-0.39, 0.29) is 11.4 Å². The average Bonchev–Trinajstić information content (AvgIpc) is 3.26. The molecule has 0 aliphatic rings. The molecule has 0 radical (unpaired) electrons. The first kappa shape index (κ1) is 25.0. The molecule has 4 rings (SSSR count). The number of anilines is 1.